The highest BCUT2D eigenvalue weighted by Gasteiger charge is 2.44. The van der Waals surface area contributed by atoms with Crippen molar-refractivity contribution in [2.75, 3.05) is 11.9 Å². The Bertz CT molecular complexity index is 594. The van der Waals surface area contributed by atoms with Gasteiger partial charge in [-0.05, 0) is 49.9 Å². The Morgan fingerprint density at radius 2 is 2.14 bits per heavy atom. The second-order valence-electron chi connectivity index (χ2n) is 6.20. The van der Waals surface area contributed by atoms with Gasteiger partial charge in [0.25, 0.3) is 0 Å². The van der Waals surface area contributed by atoms with Gasteiger partial charge in [0.05, 0.1) is 0 Å². The summed E-state index contributed by atoms with van der Waals surface area (Å²) in [5.74, 6) is -0.287. The van der Waals surface area contributed by atoms with Crippen molar-refractivity contribution in [2.24, 2.45) is 11.3 Å². The number of nitriles is 1. The standard InChI is InChI=1S/C15H18N4O2/c16-7-12-17-9-11(14(20)21)13(19-12)18-8-10-1-3-15(4-2-10)5-6-15/h9-10H,1-6,8H2,(H,20,21)(H,17,18,19). The average Bonchev–Trinajstić information content (AvgIpc) is 3.25. The van der Waals surface area contributed by atoms with Gasteiger partial charge in [0, 0.05) is 12.7 Å². The molecule has 1 spiro atoms. The van der Waals surface area contributed by atoms with Crippen LogP contribution < -0.4 is 5.32 Å². The molecular weight excluding hydrogens is 268 g/mol. The first-order valence-corrected chi connectivity index (χ1v) is 7.36. The molecule has 0 saturated heterocycles. The van der Waals surface area contributed by atoms with E-state index in [0.717, 1.165) is 0 Å². The molecule has 6 heteroatoms. The largest absolute Gasteiger partial charge is 0.477 e. The normalized spacial score (nSPS) is 20.0. The number of nitrogens with one attached hydrogen (secondary N) is 1. The van der Waals surface area contributed by atoms with Crippen LogP contribution in [0.2, 0.25) is 0 Å². The summed E-state index contributed by atoms with van der Waals surface area (Å²) in [5.41, 5.74) is 0.675. The van der Waals surface area contributed by atoms with Crippen LogP contribution in [-0.2, 0) is 0 Å². The Labute approximate surface area is 123 Å². The lowest BCUT2D eigenvalue weighted by atomic mass is 9.80. The van der Waals surface area contributed by atoms with Crippen LogP contribution in [0.3, 0.4) is 0 Å². The number of aromatic nitrogens is 2. The van der Waals surface area contributed by atoms with Gasteiger partial charge in [0.2, 0.25) is 5.82 Å². The van der Waals surface area contributed by atoms with Crippen molar-refractivity contribution in [3.8, 4) is 6.07 Å². The molecule has 2 fully saturated rings. The lowest BCUT2D eigenvalue weighted by Crippen LogP contribution is -2.23. The van der Waals surface area contributed by atoms with E-state index in [4.69, 9.17) is 10.4 Å². The lowest BCUT2D eigenvalue weighted by Gasteiger charge is -2.28. The van der Waals surface area contributed by atoms with Gasteiger partial charge in [-0.2, -0.15) is 5.26 Å². The lowest BCUT2D eigenvalue weighted by molar-refractivity contribution is 0.0697. The highest BCUT2D eigenvalue weighted by molar-refractivity contribution is 5.92. The summed E-state index contributed by atoms with van der Waals surface area (Å²) < 4.78 is 0. The summed E-state index contributed by atoms with van der Waals surface area (Å²) >= 11 is 0. The van der Waals surface area contributed by atoms with Crippen LogP contribution in [0.5, 0.6) is 0 Å². The minimum absolute atomic E-state index is 0.0110. The van der Waals surface area contributed by atoms with E-state index in [1.54, 1.807) is 0 Å². The summed E-state index contributed by atoms with van der Waals surface area (Å²) in [7, 11) is 0. The molecule has 6 nitrogen and oxygen atoms in total. The summed E-state index contributed by atoms with van der Waals surface area (Å²) in [6, 6.07) is 1.84. The zero-order valence-electron chi connectivity index (χ0n) is 11.8. The summed E-state index contributed by atoms with van der Waals surface area (Å²) in [5, 5.41) is 21.1. The zero-order chi connectivity index (χ0) is 14.9. The summed E-state index contributed by atoms with van der Waals surface area (Å²) in [4.78, 5) is 18.8. The predicted molar refractivity (Wildman–Crippen MR) is 75.8 cm³/mol. The first-order chi connectivity index (χ1) is 10.1. The number of aromatic carboxylic acids is 1. The van der Waals surface area contributed by atoms with Crippen LogP contribution in [0.15, 0.2) is 6.20 Å². The molecule has 0 aliphatic heterocycles. The van der Waals surface area contributed by atoms with E-state index in [0.29, 0.717) is 17.9 Å². The first-order valence-electron chi connectivity index (χ1n) is 7.36. The van der Waals surface area contributed by atoms with E-state index in [9.17, 15) is 4.79 Å². The highest BCUT2D eigenvalue weighted by Crippen LogP contribution is 2.57. The number of hydrogen-bond acceptors (Lipinski definition) is 5. The van der Waals surface area contributed by atoms with Gasteiger partial charge in [0.15, 0.2) is 0 Å². The third-order valence-electron chi connectivity index (χ3n) is 4.80. The fourth-order valence-corrected chi connectivity index (χ4v) is 3.14. The van der Waals surface area contributed by atoms with Crippen LogP contribution >= 0.6 is 0 Å². The number of hydrogen-bond donors (Lipinski definition) is 2. The Kier molecular flexibility index (Phi) is 3.50. The van der Waals surface area contributed by atoms with E-state index in [1.807, 2.05) is 6.07 Å². The number of nitrogens with zero attached hydrogens (tertiary/aromatic N) is 3. The highest BCUT2D eigenvalue weighted by atomic mass is 16.4. The molecule has 0 aromatic carbocycles. The van der Waals surface area contributed by atoms with Gasteiger partial charge < -0.3 is 10.4 Å². The Morgan fingerprint density at radius 1 is 1.43 bits per heavy atom. The molecule has 1 aromatic heterocycles. The number of rotatable bonds is 4. The maximum atomic E-state index is 11.2. The zero-order valence-corrected chi connectivity index (χ0v) is 11.8. The van der Waals surface area contributed by atoms with Gasteiger partial charge in [-0.25, -0.2) is 14.8 Å². The van der Waals surface area contributed by atoms with E-state index in [2.05, 4.69) is 15.3 Å². The van der Waals surface area contributed by atoms with Gasteiger partial charge in [0.1, 0.15) is 17.5 Å². The molecule has 0 unspecified atom stereocenters. The van der Waals surface area contributed by atoms with Gasteiger partial charge >= 0.3 is 5.97 Å². The minimum Gasteiger partial charge on any atom is -0.477 e. The number of anilines is 1. The van der Waals surface area contributed by atoms with Crippen LogP contribution in [-0.4, -0.2) is 27.6 Å². The van der Waals surface area contributed by atoms with Crippen LogP contribution in [0.4, 0.5) is 5.82 Å². The second-order valence-corrected chi connectivity index (χ2v) is 6.20. The minimum atomic E-state index is -1.08. The Morgan fingerprint density at radius 3 is 2.71 bits per heavy atom. The maximum absolute atomic E-state index is 11.2. The maximum Gasteiger partial charge on any atom is 0.341 e. The fourth-order valence-electron chi connectivity index (χ4n) is 3.14. The first kappa shape index (κ1) is 13.8. The second kappa shape index (κ2) is 5.32. The third-order valence-corrected chi connectivity index (χ3v) is 4.80. The number of carboxylic acid groups (broad SMARTS) is 1. The summed E-state index contributed by atoms with van der Waals surface area (Å²) in [6.45, 7) is 0.707. The van der Waals surface area contributed by atoms with Gasteiger partial charge in [-0.15, -0.1) is 0 Å². The van der Waals surface area contributed by atoms with Gasteiger partial charge in [-0.3, -0.25) is 0 Å². The molecule has 3 rings (SSSR count). The molecule has 0 bridgehead atoms. The quantitative estimate of drug-likeness (QED) is 0.882. The summed E-state index contributed by atoms with van der Waals surface area (Å²) in [6.07, 6.45) is 8.91. The molecule has 2 aliphatic rings. The van der Waals surface area contributed by atoms with E-state index < -0.39 is 5.97 Å². The van der Waals surface area contributed by atoms with E-state index in [1.165, 1.54) is 44.7 Å². The van der Waals surface area contributed by atoms with Crippen molar-refractivity contribution in [1.29, 1.82) is 5.26 Å². The molecule has 2 saturated carbocycles. The topological polar surface area (TPSA) is 98.9 Å². The van der Waals surface area contributed by atoms with Crippen molar-refractivity contribution in [3.63, 3.8) is 0 Å². The third kappa shape index (κ3) is 2.97. The van der Waals surface area contributed by atoms with Crippen molar-refractivity contribution in [3.05, 3.63) is 17.6 Å². The number of carboxylic acids is 1. The van der Waals surface area contributed by atoms with Crippen molar-refractivity contribution in [2.45, 2.75) is 38.5 Å². The molecule has 21 heavy (non-hydrogen) atoms. The predicted octanol–water partition coefficient (Wildman–Crippen LogP) is 2.43. The van der Waals surface area contributed by atoms with Crippen LogP contribution in [0.25, 0.3) is 0 Å². The Balaban J connectivity index is 1.64. The molecule has 1 heterocycles. The molecule has 0 amide bonds. The van der Waals surface area contributed by atoms with Crippen molar-refractivity contribution in [1.82, 2.24) is 9.97 Å². The number of carbonyl (C=O) groups is 1. The smallest absolute Gasteiger partial charge is 0.341 e. The monoisotopic (exact) mass is 286 g/mol. The van der Waals surface area contributed by atoms with Crippen molar-refractivity contribution < 1.29 is 9.90 Å². The molecule has 0 atom stereocenters. The molecule has 1 aromatic rings. The van der Waals surface area contributed by atoms with Crippen molar-refractivity contribution >= 4 is 11.8 Å². The fraction of sp³-hybridized carbons (Fsp3) is 0.600. The Hall–Kier alpha value is -2.16. The molecule has 2 N–H and O–H groups in total. The van der Waals surface area contributed by atoms with Gasteiger partial charge in [-0.1, -0.05) is 0 Å². The molecule has 2 aliphatic carbocycles. The van der Waals surface area contributed by atoms with Crippen LogP contribution in [0.1, 0.15) is 54.7 Å². The average molecular weight is 286 g/mol. The van der Waals surface area contributed by atoms with E-state index in [-0.39, 0.29) is 17.2 Å². The SMILES string of the molecule is N#Cc1ncc(C(=O)O)c(NCC2CCC3(CC2)CC3)n1. The molecule has 110 valence electrons. The molecule has 0 radical (unpaired) electrons. The van der Waals surface area contributed by atoms with E-state index >= 15 is 0 Å². The molecular formula is C15H18N4O2. The van der Waals surface area contributed by atoms with Crippen LogP contribution in [0, 0.1) is 22.7 Å².